The second-order valence-corrected chi connectivity index (χ2v) is 6.78. The third kappa shape index (κ3) is 3.54. The first-order chi connectivity index (χ1) is 7.94. The van der Waals surface area contributed by atoms with Gasteiger partial charge in [-0.3, -0.25) is 4.79 Å². The van der Waals surface area contributed by atoms with Crippen LogP contribution in [0.2, 0.25) is 0 Å². The number of fused-ring (bicyclic) bond motifs is 1. The van der Waals surface area contributed by atoms with Crippen molar-refractivity contribution in [1.29, 1.82) is 0 Å². The molecule has 1 amide bonds. The van der Waals surface area contributed by atoms with E-state index < -0.39 is 0 Å². The summed E-state index contributed by atoms with van der Waals surface area (Å²) in [5.41, 5.74) is 1.36. The first-order valence-corrected chi connectivity index (χ1v) is 6.75. The molecule has 1 aromatic rings. The number of thiophene rings is 1. The van der Waals surface area contributed by atoms with Gasteiger partial charge in [-0.1, -0.05) is 20.8 Å². The van der Waals surface area contributed by atoms with Gasteiger partial charge < -0.3 is 10.1 Å². The number of amides is 1. The molecule has 2 rings (SSSR count). The van der Waals surface area contributed by atoms with Gasteiger partial charge in [0, 0.05) is 11.3 Å². The Morgan fingerprint density at radius 3 is 2.94 bits per heavy atom. The maximum absolute atomic E-state index is 11.8. The van der Waals surface area contributed by atoms with Gasteiger partial charge in [0.25, 0.3) is 0 Å². The molecule has 0 saturated carbocycles. The molecule has 4 heteroatoms. The Balaban J connectivity index is 1.99. The molecule has 1 aliphatic heterocycles. The number of carbonyl (C=O) groups is 1. The van der Waals surface area contributed by atoms with Crippen LogP contribution in [0.4, 0.5) is 5.00 Å². The van der Waals surface area contributed by atoms with Crippen LogP contribution in [0, 0.1) is 5.41 Å². The average molecular weight is 253 g/mol. The Kier molecular flexibility index (Phi) is 3.54. The standard InChI is InChI=1S/C13H19NO2S/c1-13(2,3)7-11(15)14-12-6-9-4-5-16-8-10(9)17-12/h6H,4-5,7-8H2,1-3H3,(H,14,15). The van der Waals surface area contributed by atoms with Crippen molar-refractivity contribution >= 4 is 22.2 Å². The Hall–Kier alpha value is -0.870. The van der Waals surface area contributed by atoms with E-state index in [1.54, 1.807) is 11.3 Å². The molecule has 17 heavy (non-hydrogen) atoms. The maximum Gasteiger partial charge on any atom is 0.225 e. The van der Waals surface area contributed by atoms with E-state index in [1.165, 1.54) is 10.4 Å². The number of nitrogens with one attached hydrogen (secondary N) is 1. The van der Waals surface area contributed by atoms with Crippen LogP contribution in [0.5, 0.6) is 0 Å². The fraction of sp³-hybridized carbons (Fsp3) is 0.615. The van der Waals surface area contributed by atoms with Crippen molar-refractivity contribution in [3.8, 4) is 0 Å². The van der Waals surface area contributed by atoms with Crippen LogP contribution in [-0.4, -0.2) is 12.5 Å². The summed E-state index contributed by atoms with van der Waals surface area (Å²) in [6.45, 7) is 7.69. The number of hydrogen-bond acceptors (Lipinski definition) is 3. The molecular weight excluding hydrogens is 234 g/mol. The summed E-state index contributed by atoms with van der Waals surface area (Å²) in [6, 6.07) is 2.09. The molecule has 94 valence electrons. The van der Waals surface area contributed by atoms with Gasteiger partial charge in [-0.2, -0.15) is 0 Å². The van der Waals surface area contributed by atoms with Crippen LogP contribution in [0.15, 0.2) is 6.07 Å². The molecule has 0 atom stereocenters. The Morgan fingerprint density at radius 1 is 1.53 bits per heavy atom. The molecule has 1 N–H and O–H groups in total. The lowest BCUT2D eigenvalue weighted by molar-refractivity contribution is -0.117. The van der Waals surface area contributed by atoms with Crippen LogP contribution in [-0.2, 0) is 22.6 Å². The smallest absolute Gasteiger partial charge is 0.225 e. The van der Waals surface area contributed by atoms with E-state index in [1.807, 2.05) is 0 Å². The van der Waals surface area contributed by atoms with E-state index in [-0.39, 0.29) is 11.3 Å². The lowest BCUT2D eigenvalue weighted by atomic mass is 9.92. The zero-order valence-corrected chi connectivity index (χ0v) is 11.4. The normalized spacial score (nSPS) is 15.5. The highest BCUT2D eigenvalue weighted by atomic mass is 32.1. The molecule has 1 aliphatic rings. The summed E-state index contributed by atoms with van der Waals surface area (Å²) in [5.74, 6) is 0.0945. The largest absolute Gasteiger partial charge is 0.376 e. The Morgan fingerprint density at radius 2 is 2.29 bits per heavy atom. The summed E-state index contributed by atoms with van der Waals surface area (Å²) in [4.78, 5) is 13.1. The molecule has 0 aromatic carbocycles. The van der Waals surface area contributed by atoms with Gasteiger partial charge in [-0.05, 0) is 23.5 Å². The van der Waals surface area contributed by atoms with Crippen molar-refractivity contribution in [2.75, 3.05) is 11.9 Å². The topological polar surface area (TPSA) is 38.3 Å². The summed E-state index contributed by atoms with van der Waals surface area (Å²) >= 11 is 1.63. The third-order valence-electron chi connectivity index (χ3n) is 2.60. The molecule has 2 heterocycles. The molecule has 3 nitrogen and oxygen atoms in total. The second kappa shape index (κ2) is 4.78. The quantitative estimate of drug-likeness (QED) is 0.879. The number of anilines is 1. The van der Waals surface area contributed by atoms with E-state index in [4.69, 9.17) is 4.74 Å². The monoisotopic (exact) mass is 253 g/mol. The maximum atomic E-state index is 11.8. The highest BCUT2D eigenvalue weighted by Gasteiger charge is 2.18. The second-order valence-electron chi connectivity index (χ2n) is 5.65. The Labute approximate surface area is 106 Å². The molecule has 0 bridgehead atoms. The molecule has 0 unspecified atom stereocenters. The predicted molar refractivity (Wildman–Crippen MR) is 70.4 cm³/mol. The predicted octanol–water partition coefficient (Wildman–Crippen LogP) is 3.20. The van der Waals surface area contributed by atoms with Crippen molar-refractivity contribution in [3.05, 3.63) is 16.5 Å². The van der Waals surface area contributed by atoms with Crippen LogP contribution in [0.25, 0.3) is 0 Å². The summed E-state index contributed by atoms with van der Waals surface area (Å²) < 4.78 is 5.39. The molecule has 0 fully saturated rings. The van der Waals surface area contributed by atoms with Crippen molar-refractivity contribution in [2.45, 2.75) is 40.2 Å². The number of ether oxygens (including phenoxy) is 1. The summed E-state index contributed by atoms with van der Waals surface area (Å²) in [6.07, 6.45) is 1.51. The van der Waals surface area contributed by atoms with Crippen molar-refractivity contribution in [1.82, 2.24) is 0 Å². The van der Waals surface area contributed by atoms with Gasteiger partial charge in [0.2, 0.25) is 5.91 Å². The lowest BCUT2D eigenvalue weighted by Crippen LogP contribution is -2.19. The average Bonchev–Trinajstić information content (AvgIpc) is 2.55. The molecule has 0 saturated heterocycles. The van der Waals surface area contributed by atoms with Crippen molar-refractivity contribution < 1.29 is 9.53 Å². The van der Waals surface area contributed by atoms with Gasteiger partial charge in [0.15, 0.2) is 0 Å². The number of hydrogen-bond donors (Lipinski definition) is 1. The highest BCUT2D eigenvalue weighted by Crippen LogP contribution is 2.31. The number of rotatable bonds is 2. The first kappa shape index (κ1) is 12.6. The van der Waals surface area contributed by atoms with Crippen LogP contribution in [0.1, 0.15) is 37.6 Å². The van der Waals surface area contributed by atoms with Gasteiger partial charge in [0.05, 0.1) is 18.2 Å². The molecule has 0 aliphatic carbocycles. The molecular formula is C13H19NO2S. The van der Waals surface area contributed by atoms with Crippen molar-refractivity contribution in [2.24, 2.45) is 5.41 Å². The first-order valence-electron chi connectivity index (χ1n) is 5.93. The zero-order chi connectivity index (χ0) is 12.5. The van der Waals surface area contributed by atoms with Crippen LogP contribution < -0.4 is 5.32 Å². The fourth-order valence-corrected chi connectivity index (χ4v) is 2.94. The van der Waals surface area contributed by atoms with Gasteiger partial charge in [-0.15, -0.1) is 11.3 Å². The minimum absolute atomic E-state index is 0.0318. The Bertz CT molecular complexity index is 394. The molecule has 0 spiro atoms. The number of carbonyl (C=O) groups excluding carboxylic acids is 1. The van der Waals surface area contributed by atoms with Gasteiger partial charge in [0.1, 0.15) is 0 Å². The minimum atomic E-state index is 0.0318. The lowest BCUT2D eigenvalue weighted by Gasteiger charge is -2.16. The van der Waals surface area contributed by atoms with Gasteiger partial charge >= 0.3 is 0 Å². The van der Waals surface area contributed by atoms with Crippen molar-refractivity contribution in [3.63, 3.8) is 0 Å². The highest BCUT2D eigenvalue weighted by molar-refractivity contribution is 7.16. The van der Waals surface area contributed by atoms with Gasteiger partial charge in [-0.25, -0.2) is 0 Å². The zero-order valence-electron chi connectivity index (χ0n) is 10.6. The SMILES string of the molecule is CC(C)(C)CC(=O)Nc1cc2c(s1)COCC2. The summed E-state index contributed by atoms with van der Waals surface area (Å²) in [5, 5.41) is 3.93. The molecule has 1 aromatic heterocycles. The van der Waals surface area contributed by atoms with Crippen LogP contribution in [0.3, 0.4) is 0 Å². The van der Waals surface area contributed by atoms with E-state index in [9.17, 15) is 4.79 Å². The third-order valence-corrected chi connectivity index (χ3v) is 3.67. The van der Waals surface area contributed by atoms with E-state index in [0.29, 0.717) is 13.0 Å². The van der Waals surface area contributed by atoms with Crippen LogP contribution >= 0.6 is 11.3 Å². The van der Waals surface area contributed by atoms with E-state index in [0.717, 1.165) is 18.0 Å². The van der Waals surface area contributed by atoms with E-state index >= 15 is 0 Å². The van der Waals surface area contributed by atoms with E-state index in [2.05, 4.69) is 32.2 Å². The minimum Gasteiger partial charge on any atom is -0.376 e. The summed E-state index contributed by atoms with van der Waals surface area (Å²) in [7, 11) is 0. The fourth-order valence-electron chi connectivity index (χ4n) is 1.87. The molecule has 0 radical (unpaired) electrons.